The number of rotatable bonds is 11. The Labute approximate surface area is 187 Å². The van der Waals surface area contributed by atoms with Crippen molar-refractivity contribution in [1.29, 1.82) is 0 Å². The minimum Gasteiger partial charge on any atom is -0.372 e. The van der Waals surface area contributed by atoms with Gasteiger partial charge in [-0.05, 0) is 25.8 Å². The number of imide groups is 1. The zero-order valence-electron chi connectivity index (χ0n) is 19.4. The molecule has 5 nitrogen and oxygen atoms in total. The van der Waals surface area contributed by atoms with Gasteiger partial charge in [0.25, 0.3) is 11.8 Å². The first kappa shape index (κ1) is 23.5. The topological polar surface area (TPSA) is 49.9 Å². The van der Waals surface area contributed by atoms with Crippen LogP contribution in [0, 0.1) is 0 Å². The number of ether oxygens (including phenoxy) is 1. The van der Waals surface area contributed by atoms with Crippen molar-refractivity contribution in [3.63, 3.8) is 0 Å². The molecule has 170 valence electrons. The van der Waals surface area contributed by atoms with Crippen LogP contribution in [0.3, 0.4) is 0 Å². The van der Waals surface area contributed by atoms with Crippen LogP contribution in [0.5, 0.6) is 0 Å². The van der Waals surface area contributed by atoms with Crippen LogP contribution in [0.2, 0.25) is 0 Å². The van der Waals surface area contributed by atoms with E-state index < -0.39 is 0 Å². The summed E-state index contributed by atoms with van der Waals surface area (Å²) >= 11 is 0. The van der Waals surface area contributed by atoms with Crippen LogP contribution in [-0.4, -0.2) is 53.5 Å². The molecule has 2 aliphatic heterocycles. The molecule has 2 atom stereocenters. The first-order valence-electron chi connectivity index (χ1n) is 12.1. The number of morpholine rings is 1. The van der Waals surface area contributed by atoms with E-state index in [0.29, 0.717) is 30.9 Å². The zero-order chi connectivity index (χ0) is 22.2. The second-order valence-electron chi connectivity index (χ2n) is 8.99. The maximum atomic E-state index is 13.4. The van der Waals surface area contributed by atoms with Crippen molar-refractivity contribution in [2.24, 2.45) is 0 Å². The highest BCUT2D eigenvalue weighted by molar-refractivity contribution is 6.35. The van der Waals surface area contributed by atoms with Crippen molar-refractivity contribution < 1.29 is 14.3 Å². The Bertz CT molecular complexity index is 764. The molecule has 0 spiro atoms. The van der Waals surface area contributed by atoms with E-state index in [9.17, 15) is 9.59 Å². The van der Waals surface area contributed by atoms with Gasteiger partial charge in [0.2, 0.25) is 0 Å². The van der Waals surface area contributed by atoms with Crippen LogP contribution in [0.1, 0.15) is 77.7 Å². The van der Waals surface area contributed by atoms with Crippen molar-refractivity contribution in [3.05, 3.63) is 41.6 Å². The van der Waals surface area contributed by atoms with Crippen LogP contribution in [0.25, 0.3) is 5.57 Å². The van der Waals surface area contributed by atoms with E-state index in [-0.39, 0.29) is 24.0 Å². The molecule has 2 amide bonds. The molecule has 0 saturated carbocycles. The molecule has 3 rings (SSSR count). The Kier molecular flexibility index (Phi) is 8.70. The Morgan fingerprint density at radius 2 is 1.42 bits per heavy atom. The lowest BCUT2D eigenvalue weighted by Crippen LogP contribution is -2.47. The number of carbonyl (C=O) groups is 2. The van der Waals surface area contributed by atoms with Gasteiger partial charge in [-0.2, -0.15) is 0 Å². The van der Waals surface area contributed by atoms with Gasteiger partial charge in [-0.1, -0.05) is 82.2 Å². The number of hydrogen-bond donors (Lipinski definition) is 0. The average Bonchev–Trinajstić information content (AvgIpc) is 3.00. The first-order chi connectivity index (χ1) is 15.0. The second-order valence-corrected chi connectivity index (χ2v) is 8.99. The highest BCUT2D eigenvalue weighted by Crippen LogP contribution is 2.33. The van der Waals surface area contributed by atoms with Gasteiger partial charge >= 0.3 is 0 Å². The van der Waals surface area contributed by atoms with E-state index in [1.54, 1.807) is 0 Å². The van der Waals surface area contributed by atoms with Crippen LogP contribution >= 0.6 is 0 Å². The van der Waals surface area contributed by atoms with Gasteiger partial charge < -0.3 is 9.64 Å². The molecule has 2 unspecified atom stereocenters. The van der Waals surface area contributed by atoms with Crippen molar-refractivity contribution in [1.82, 2.24) is 9.80 Å². The predicted molar refractivity (Wildman–Crippen MR) is 124 cm³/mol. The number of benzene rings is 1. The van der Waals surface area contributed by atoms with Crippen molar-refractivity contribution in [2.75, 3.05) is 19.6 Å². The van der Waals surface area contributed by atoms with Gasteiger partial charge in [-0.15, -0.1) is 0 Å². The van der Waals surface area contributed by atoms with Crippen molar-refractivity contribution >= 4 is 17.4 Å². The third-order valence-corrected chi connectivity index (χ3v) is 6.18. The standard InChI is InChI=1S/C26H38N2O3/c1-4-5-6-7-8-9-10-14-17-28-25(29)23(22-15-12-11-13-16-22)24(26(28)30)27-18-20(2)31-21(3)19-27/h11-13,15-16,20-21H,4-10,14,17-19H2,1-3H3. The summed E-state index contributed by atoms with van der Waals surface area (Å²) in [6, 6.07) is 9.62. The Morgan fingerprint density at radius 3 is 2.03 bits per heavy atom. The van der Waals surface area contributed by atoms with E-state index >= 15 is 0 Å². The number of carbonyl (C=O) groups excluding carboxylic acids is 2. The normalized spacial score (nSPS) is 22.0. The lowest BCUT2D eigenvalue weighted by atomic mass is 10.0. The fourth-order valence-corrected chi connectivity index (χ4v) is 4.69. The van der Waals surface area contributed by atoms with Gasteiger partial charge in [-0.25, -0.2) is 0 Å². The second kappa shape index (κ2) is 11.5. The average molecular weight is 427 g/mol. The summed E-state index contributed by atoms with van der Waals surface area (Å²) in [5.74, 6) is -0.297. The maximum absolute atomic E-state index is 13.4. The van der Waals surface area contributed by atoms with Crippen LogP contribution in [0.15, 0.2) is 36.0 Å². The summed E-state index contributed by atoms with van der Waals surface area (Å²) in [5.41, 5.74) is 1.92. The summed E-state index contributed by atoms with van der Waals surface area (Å²) in [6.07, 6.45) is 9.56. The highest BCUT2D eigenvalue weighted by Gasteiger charge is 2.42. The van der Waals surface area contributed by atoms with Crippen LogP contribution in [0.4, 0.5) is 0 Å². The fourth-order valence-electron chi connectivity index (χ4n) is 4.69. The molecule has 0 aliphatic carbocycles. The quantitative estimate of drug-likeness (QED) is 0.368. The third-order valence-electron chi connectivity index (χ3n) is 6.18. The molecule has 0 bridgehead atoms. The number of unbranched alkanes of at least 4 members (excludes halogenated alkanes) is 7. The summed E-state index contributed by atoms with van der Waals surface area (Å²) in [4.78, 5) is 30.3. The highest BCUT2D eigenvalue weighted by atomic mass is 16.5. The first-order valence-corrected chi connectivity index (χ1v) is 12.1. The summed E-state index contributed by atoms with van der Waals surface area (Å²) in [5, 5.41) is 0. The van der Waals surface area contributed by atoms with Gasteiger partial charge in [0, 0.05) is 19.6 Å². The minimum atomic E-state index is -0.152. The van der Waals surface area contributed by atoms with E-state index in [0.717, 1.165) is 18.4 Å². The van der Waals surface area contributed by atoms with Crippen LogP contribution < -0.4 is 0 Å². The number of hydrogen-bond acceptors (Lipinski definition) is 4. The molecule has 1 aromatic rings. The third kappa shape index (κ3) is 5.97. The van der Waals surface area contributed by atoms with E-state index in [1.165, 1.54) is 43.4 Å². The zero-order valence-corrected chi connectivity index (χ0v) is 19.4. The van der Waals surface area contributed by atoms with Crippen molar-refractivity contribution in [2.45, 2.75) is 84.3 Å². The lowest BCUT2D eigenvalue weighted by Gasteiger charge is -2.37. The fraction of sp³-hybridized carbons (Fsp3) is 0.615. The van der Waals surface area contributed by atoms with Gasteiger partial charge in [0.05, 0.1) is 17.8 Å². The Balaban J connectivity index is 1.68. The van der Waals surface area contributed by atoms with Gasteiger partial charge in [0.15, 0.2) is 0 Å². The summed E-state index contributed by atoms with van der Waals surface area (Å²) < 4.78 is 5.86. The van der Waals surface area contributed by atoms with E-state index in [4.69, 9.17) is 4.74 Å². The lowest BCUT2D eigenvalue weighted by molar-refractivity contribution is -0.138. The van der Waals surface area contributed by atoms with E-state index in [1.807, 2.05) is 44.2 Å². The predicted octanol–water partition coefficient (Wildman–Crippen LogP) is 5.02. The van der Waals surface area contributed by atoms with Crippen molar-refractivity contribution in [3.8, 4) is 0 Å². The SMILES string of the molecule is CCCCCCCCCCN1C(=O)C(c2ccccc2)=C(N2CC(C)OC(C)C2)C1=O. The summed E-state index contributed by atoms with van der Waals surface area (Å²) in [6.45, 7) is 8.02. The molecule has 2 aliphatic rings. The van der Waals surface area contributed by atoms with Gasteiger partial charge in [0.1, 0.15) is 5.70 Å². The summed E-state index contributed by atoms with van der Waals surface area (Å²) in [7, 11) is 0. The smallest absolute Gasteiger partial charge is 0.277 e. The largest absolute Gasteiger partial charge is 0.372 e. The Morgan fingerprint density at radius 1 is 0.839 bits per heavy atom. The molecule has 5 heteroatoms. The molecule has 1 aromatic carbocycles. The van der Waals surface area contributed by atoms with Crippen LogP contribution in [-0.2, 0) is 14.3 Å². The molecular formula is C26H38N2O3. The molecule has 1 fully saturated rings. The van der Waals surface area contributed by atoms with Gasteiger partial charge in [-0.3, -0.25) is 14.5 Å². The molecule has 0 radical (unpaired) electrons. The molecular weight excluding hydrogens is 388 g/mol. The molecule has 31 heavy (non-hydrogen) atoms. The Hall–Kier alpha value is -2.14. The van der Waals surface area contributed by atoms with E-state index in [2.05, 4.69) is 11.8 Å². The minimum absolute atomic E-state index is 0.0259. The number of nitrogens with zero attached hydrogens (tertiary/aromatic N) is 2. The molecule has 0 N–H and O–H groups in total. The monoisotopic (exact) mass is 426 g/mol. The molecule has 1 saturated heterocycles. The number of amides is 2. The molecule has 0 aromatic heterocycles. The maximum Gasteiger partial charge on any atom is 0.277 e. The molecule has 2 heterocycles.